The summed E-state index contributed by atoms with van der Waals surface area (Å²) in [6.07, 6.45) is 0.872. The van der Waals surface area contributed by atoms with Crippen molar-refractivity contribution in [1.82, 2.24) is 0 Å². The third kappa shape index (κ3) is 2.42. The molecule has 0 saturated carbocycles. The van der Waals surface area contributed by atoms with E-state index in [2.05, 4.69) is 0 Å². The first kappa shape index (κ1) is 9.92. The Labute approximate surface area is 72.3 Å². The third-order valence-electron chi connectivity index (χ3n) is 2.19. The minimum Gasteiger partial charge on any atom is -0.390 e. The Morgan fingerprint density at radius 3 is 2.92 bits per heavy atom. The Morgan fingerprint density at radius 1 is 1.67 bits per heavy atom. The highest BCUT2D eigenvalue weighted by Crippen LogP contribution is 2.27. The molecule has 0 spiro atoms. The first-order chi connectivity index (χ1) is 5.55. The molecule has 12 heavy (non-hydrogen) atoms. The second-order valence-electron chi connectivity index (χ2n) is 3.51. The topological polar surface area (TPSA) is 75.7 Å². The lowest BCUT2D eigenvalue weighted by atomic mass is 9.98. The molecule has 0 aromatic carbocycles. The molecule has 0 aromatic rings. The standard InChI is InChI=1S/C8H17NO3/c1-8(11)4-2-6(10)7(12-8)3-5-9/h6-7,10-11H,2-5,9H2,1H3/t6?,7-,8?/m1/s1. The van der Waals surface area contributed by atoms with Gasteiger partial charge in [0.1, 0.15) is 0 Å². The fourth-order valence-corrected chi connectivity index (χ4v) is 1.48. The van der Waals surface area contributed by atoms with E-state index in [4.69, 9.17) is 10.5 Å². The molecule has 1 heterocycles. The number of ether oxygens (including phenoxy) is 1. The van der Waals surface area contributed by atoms with E-state index in [0.717, 1.165) is 0 Å². The van der Waals surface area contributed by atoms with E-state index in [0.29, 0.717) is 25.8 Å². The van der Waals surface area contributed by atoms with E-state index < -0.39 is 11.9 Å². The van der Waals surface area contributed by atoms with Crippen LogP contribution in [-0.2, 0) is 4.74 Å². The van der Waals surface area contributed by atoms with E-state index in [1.165, 1.54) is 0 Å². The molecule has 3 atom stereocenters. The smallest absolute Gasteiger partial charge is 0.163 e. The van der Waals surface area contributed by atoms with E-state index in [1.807, 2.05) is 0 Å². The lowest BCUT2D eigenvalue weighted by molar-refractivity contribution is -0.266. The third-order valence-corrected chi connectivity index (χ3v) is 2.19. The second kappa shape index (κ2) is 3.70. The number of nitrogens with two attached hydrogens (primary N) is 1. The maximum absolute atomic E-state index is 9.52. The van der Waals surface area contributed by atoms with Gasteiger partial charge in [-0.05, 0) is 26.3 Å². The molecule has 1 aliphatic rings. The Hall–Kier alpha value is -0.160. The van der Waals surface area contributed by atoms with Gasteiger partial charge >= 0.3 is 0 Å². The summed E-state index contributed by atoms with van der Waals surface area (Å²) < 4.78 is 5.25. The van der Waals surface area contributed by atoms with Gasteiger partial charge in [-0.2, -0.15) is 0 Å². The number of aliphatic hydroxyl groups excluding tert-OH is 1. The molecular weight excluding hydrogens is 158 g/mol. The highest BCUT2D eigenvalue weighted by Gasteiger charge is 2.35. The molecule has 72 valence electrons. The normalized spacial score (nSPS) is 43.0. The Bertz CT molecular complexity index is 149. The Kier molecular flexibility index (Phi) is 3.06. The molecule has 1 saturated heterocycles. The number of hydrogen-bond acceptors (Lipinski definition) is 4. The summed E-state index contributed by atoms with van der Waals surface area (Å²) in [4.78, 5) is 0. The molecule has 4 nitrogen and oxygen atoms in total. The van der Waals surface area contributed by atoms with Crippen LogP contribution in [0.5, 0.6) is 0 Å². The number of aliphatic hydroxyl groups is 2. The van der Waals surface area contributed by atoms with Crippen molar-refractivity contribution < 1.29 is 14.9 Å². The van der Waals surface area contributed by atoms with E-state index in [1.54, 1.807) is 6.92 Å². The summed E-state index contributed by atoms with van der Waals surface area (Å²) in [6.45, 7) is 2.08. The maximum Gasteiger partial charge on any atom is 0.163 e. The first-order valence-corrected chi connectivity index (χ1v) is 4.33. The Balaban J connectivity index is 2.47. The highest BCUT2D eigenvalue weighted by atomic mass is 16.6. The maximum atomic E-state index is 9.52. The molecule has 1 aliphatic heterocycles. The average Bonchev–Trinajstić information content (AvgIpc) is 1.97. The van der Waals surface area contributed by atoms with Crippen molar-refractivity contribution in [3.63, 3.8) is 0 Å². The largest absolute Gasteiger partial charge is 0.390 e. The van der Waals surface area contributed by atoms with Gasteiger partial charge < -0.3 is 20.7 Å². The summed E-state index contributed by atoms with van der Waals surface area (Å²) in [5, 5.41) is 19.0. The number of hydrogen-bond donors (Lipinski definition) is 3. The minimum atomic E-state index is -1.08. The van der Waals surface area contributed by atoms with Crippen molar-refractivity contribution in [2.45, 2.75) is 44.2 Å². The predicted molar refractivity (Wildman–Crippen MR) is 44.4 cm³/mol. The molecule has 0 aliphatic carbocycles. The van der Waals surface area contributed by atoms with E-state index in [-0.39, 0.29) is 6.10 Å². The zero-order valence-electron chi connectivity index (χ0n) is 7.36. The second-order valence-corrected chi connectivity index (χ2v) is 3.51. The van der Waals surface area contributed by atoms with Gasteiger partial charge in [-0.15, -0.1) is 0 Å². The van der Waals surface area contributed by atoms with Gasteiger partial charge in [-0.1, -0.05) is 0 Å². The molecule has 0 bridgehead atoms. The molecule has 1 rings (SSSR count). The highest BCUT2D eigenvalue weighted by molar-refractivity contribution is 4.80. The molecule has 2 unspecified atom stereocenters. The number of rotatable bonds is 2. The summed E-state index contributed by atoms with van der Waals surface area (Å²) >= 11 is 0. The van der Waals surface area contributed by atoms with Crippen LogP contribution in [0.1, 0.15) is 26.2 Å². The van der Waals surface area contributed by atoms with Gasteiger partial charge in [0, 0.05) is 6.42 Å². The molecule has 0 aromatic heterocycles. The summed E-state index contributed by atoms with van der Waals surface area (Å²) in [6, 6.07) is 0. The SMILES string of the molecule is CC1(O)CCC(O)[C@@H](CCN)O1. The lowest BCUT2D eigenvalue weighted by Gasteiger charge is -2.37. The minimum absolute atomic E-state index is 0.307. The predicted octanol–water partition coefficient (Wildman–Crippen LogP) is -0.416. The van der Waals surface area contributed by atoms with Crippen LogP contribution < -0.4 is 5.73 Å². The van der Waals surface area contributed by atoms with Crippen molar-refractivity contribution in [2.24, 2.45) is 5.73 Å². The van der Waals surface area contributed by atoms with Crippen molar-refractivity contribution in [3.05, 3.63) is 0 Å². The van der Waals surface area contributed by atoms with Crippen LogP contribution in [0, 0.1) is 0 Å². The molecule has 0 radical (unpaired) electrons. The van der Waals surface area contributed by atoms with Crippen LogP contribution in [0.4, 0.5) is 0 Å². The van der Waals surface area contributed by atoms with Gasteiger partial charge in [-0.25, -0.2) is 0 Å². The van der Waals surface area contributed by atoms with Crippen LogP contribution >= 0.6 is 0 Å². The monoisotopic (exact) mass is 175 g/mol. The van der Waals surface area contributed by atoms with E-state index in [9.17, 15) is 10.2 Å². The van der Waals surface area contributed by atoms with Crippen molar-refractivity contribution in [1.29, 1.82) is 0 Å². The van der Waals surface area contributed by atoms with Crippen molar-refractivity contribution in [3.8, 4) is 0 Å². The zero-order valence-corrected chi connectivity index (χ0v) is 7.36. The van der Waals surface area contributed by atoms with Crippen molar-refractivity contribution >= 4 is 0 Å². The van der Waals surface area contributed by atoms with Crippen LogP contribution in [-0.4, -0.2) is 34.8 Å². The summed E-state index contributed by atoms with van der Waals surface area (Å²) in [5.74, 6) is -1.08. The van der Waals surface area contributed by atoms with Gasteiger partial charge in [0.15, 0.2) is 5.79 Å². The fraction of sp³-hybridized carbons (Fsp3) is 1.00. The van der Waals surface area contributed by atoms with E-state index >= 15 is 0 Å². The molecule has 0 amide bonds. The van der Waals surface area contributed by atoms with Crippen LogP contribution in [0.2, 0.25) is 0 Å². The van der Waals surface area contributed by atoms with Crippen molar-refractivity contribution in [2.75, 3.05) is 6.54 Å². The molecule has 1 fully saturated rings. The Morgan fingerprint density at radius 2 is 2.33 bits per heavy atom. The quantitative estimate of drug-likeness (QED) is 0.533. The first-order valence-electron chi connectivity index (χ1n) is 4.33. The van der Waals surface area contributed by atoms with Crippen LogP contribution in [0.3, 0.4) is 0 Å². The molecule has 4 N–H and O–H groups in total. The average molecular weight is 175 g/mol. The van der Waals surface area contributed by atoms with Gasteiger partial charge in [0.25, 0.3) is 0 Å². The summed E-state index contributed by atoms with van der Waals surface area (Å²) in [7, 11) is 0. The molecule has 4 heteroatoms. The van der Waals surface area contributed by atoms with Crippen LogP contribution in [0.25, 0.3) is 0 Å². The zero-order chi connectivity index (χ0) is 9.19. The summed E-state index contributed by atoms with van der Waals surface area (Å²) in [5.41, 5.74) is 5.34. The lowest BCUT2D eigenvalue weighted by Crippen LogP contribution is -2.46. The molecular formula is C8H17NO3. The fourth-order valence-electron chi connectivity index (χ4n) is 1.48. The van der Waals surface area contributed by atoms with Gasteiger partial charge in [-0.3, -0.25) is 0 Å². The van der Waals surface area contributed by atoms with Gasteiger partial charge in [0.2, 0.25) is 0 Å². The van der Waals surface area contributed by atoms with Crippen LogP contribution in [0.15, 0.2) is 0 Å². The van der Waals surface area contributed by atoms with Gasteiger partial charge in [0.05, 0.1) is 12.2 Å².